The lowest BCUT2D eigenvalue weighted by molar-refractivity contribution is 0.415. The van der Waals surface area contributed by atoms with Crippen LogP contribution in [0.3, 0.4) is 0 Å². The number of hydrogen-bond donors (Lipinski definition) is 2. The molecule has 1 aliphatic heterocycles. The molecule has 3 N–H and O–H groups in total. The van der Waals surface area contributed by atoms with E-state index in [0.29, 0.717) is 17.3 Å². The standard InChI is InChI=1S/C11H13N5O/c1-7-10(11(12)16-13-7)15-14-8-3-5-9(17-2)6-4-8/h3-6,14H,1-2H3,(H2,12,15,16). The predicted molar refractivity (Wildman–Crippen MR) is 68.8 cm³/mol. The van der Waals surface area contributed by atoms with Crippen molar-refractivity contribution in [3.63, 3.8) is 0 Å². The van der Waals surface area contributed by atoms with E-state index in [1.54, 1.807) is 14.0 Å². The van der Waals surface area contributed by atoms with Crippen molar-refractivity contribution in [2.24, 2.45) is 21.0 Å². The van der Waals surface area contributed by atoms with Gasteiger partial charge in [-0.25, -0.2) is 0 Å². The van der Waals surface area contributed by atoms with Crippen LogP contribution in [0.25, 0.3) is 0 Å². The van der Waals surface area contributed by atoms with Gasteiger partial charge in [-0.1, -0.05) is 0 Å². The number of nitrogens with two attached hydrogens (primary N) is 1. The number of amidine groups is 1. The van der Waals surface area contributed by atoms with Gasteiger partial charge < -0.3 is 10.5 Å². The highest BCUT2D eigenvalue weighted by atomic mass is 16.5. The molecule has 0 radical (unpaired) electrons. The molecule has 0 unspecified atom stereocenters. The van der Waals surface area contributed by atoms with Crippen LogP contribution >= 0.6 is 0 Å². The highest BCUT2D eigenvalue weighted by Gasteiger charge is 2.14. The second kappa shape index (κ2) is 4.65. The fourth-order valence-electron chi connectivity index (χ4n) is 1.33. The zero-order valence-corrected chi connectivity index (χ0v) is 9.64. The van der Waals surface area contributed by atoms with E-state index in [9.17, 15) is 0 Å². The highest BCUT2D eigenvalue weighted by Crippen LogP contribution is 2.15. The van der Waals surface area contributed by atoms with Gasteiger partial charge in [0.25, 0.3) is 0 Å². The maximum atomic E-state index is 5.62. The second-order valence-electron chi connectivity index (χ2n) is 3.47. The van der Waals surface area contributed by atoms with Gasteiger partial charge in [0.1, 0.15) is 5.75 Å². The van der Waals surface area contributed by atoms with Crippen LogP contribution in [0.15, 0.2) is 39.6 Å². The molecule has 0 aromatic heterocycles. The minimum Gasteiger partial charge on any atom is -0.497 e. The average Bonchev–Trinajstić information content (AvgIpc) is 2.67. The van der Waals surface area contributed by atoms with Crippen molar-refractivity contribution in [2.75, 3.05) is 12.5 Å². The van der Waals surface area contributed by atoms with E-state index in [0.717, 1.165) is 11.4 Å². The maximum Gasteiger partial charge on any atom is 0.175 e. The van der Waals surface area contributed by atoms with Gasteiger partial charge in [-0.2, -0.15) is 10.2 Å². The largest absolute Gasteiger partial charge is 0.497 e. The monoisotopic (exact) mass is 231 g/mol. The van der Waals surface area contributed by atoms with Crippen molar-refractivity contribution in [3.8, 4) is 5.75 Å². The van der Waals surface area contributed by atoms with Gasteiger partial charge in [0.2, 0.25) is 0 Å². The van der Waals surface area contributed by atoms with Crippen LogP contribution in [-0.2, 0) is 0 Å². The second-order valence-corrected chi connectivity index (χ2v) is 3.47. The molecule has 0 spiro atoms. The molecule has 0 atom stereocenters. The Bertz CT molecular complexity index is 481. The van der Waals surface area contributed by atoms with E-state index in [1.165, 1.54) is 0 Å². The molecule has 6 nitrogen and oxygen atoms in total. The Balaban J connectivity index is 2.09. The molecule has 1 aromatic rings. The molecule has 0 bridgehead atoms. The van der Waals surface area contributed by atoms with E-state index in [4.69, 9.17) is 10.5 Å². The Hall–Kier alpha value is -2.37. The van der Waals surface area contributed by atoms with Crippen molar-refractivity contribution in [3.05, 3.63) is 24.3 Å². The summed E-state index contributed by atoms with van der Waals surface area (Å²) >= 11 is 0. The molecule has 88 valence electrons. The Labute approximate surface area is 98.9 Å². The Kier molecular flexibility index (Phi) is 3.04. The summed E-state index contributed by atoms with van der Waals surface area (Å²) < 4.78 is 5.06. The summed E-state index contributed by atoms with van der Waals surface area (Å²) in [6, 6.07) is 7.40. The smallest absolute Gasteiger partial charge is 0.175 e. The molecule has 1 heterocycles. The first kappa shape index (κ1) is 11.1. The number of hydrazone groups is 1. The Morgan fingerprint density at radius 3 is 2.47 bits per heavy atom. The van der Waals surface area contributed by atoms with Gasteiger partial charge >= 0.3 is 0 Å². The van der Waals surface area contributed by atoms with Crippen molar-refractivity contribution in [1.82, 2.24) is 0 Å². The first-order valence-corrected chi connectivity index (χ1v) is 5.07. The van der Waals surface area contributed by atoms with Crippen LogP contribution in [-0.4, -0.2) is 24.4 Å². The minimum atomic E-state index is 0.323. The molecule has 1 aliphatic rings. The van der Waals surface area contributed by atoms with Gasteiger partial charge in [-0.3, -0.25) is 5.43 Å². The molecule has 17 heavy (non-hydrogen) atoms. The maximum absolute atomic E-state index is 5.62. The third kappa shape index (κ3) is 2.41. The lowest BCUT2D eigenvalue weighted by Crippen LogP contribution is -2.26. The summed E-state index contributed by atoms with van der Waals surface area (Å²) in [6.45, 7) is 1.80. The fourth-order valence-corrected chi connectivity index (χ4v) is 1.33. The Morgan fingerprint density at radius 1 is 1.24 bits per heavy atom. The quantitative estimate of drug-likeness (QED) is 0.767. The van der Waals surface area contributed by atoms with Crippen LogP contribution in [0.2, 0.25) is 0 Å². The van der Waals surface area contributed by atoms with Crippen molar-refractivity contribution in [2.45, 2.75) is 6.92 Å². The minimum absolute atomic E-state index is 0.323. The molecule has 0 saturated carbocycles. The number of nitrogens with one attached hydrogen (secondary N) is 1. The number of methoxy groups -OCH3 is 1. The lowest BCUT2D eigenvalue weighted by Gasteiger charge is -2.03. The molecular formula is C11H13N5O. The van der Waals surface area contributed by atoms with E-state index >= 15 is 0 Å². The van der Waals surface area contributed by atoms with Gasteiger partial charge in [-0.05, 0) is 31.2 Å². The number of anilines is 1. The van der Waals surface area contributed by atoms with Gasteiger partial charge in [0.05, 0.1) is 18.5 Å². The first-order chi connectivity index (χ1) is 8.20. The molecular weight excluding hydrogens is 218 g/mol. The molecule has 6 heteroatoms. The van der Waals surface area contributed by atoms with Gasteiger partial charge in [0.15, 0.2) is 11.5 Å². The van der Waals surface area contributed by atoms with E-state index < -0.39 is 0 Å². The molecule has 0 amide bonds. The number of ether oxygens (including phenoxy) is 1. The SMILES string of the molecule is COc1ccc(N/N=C2\C(C)=NN=C2N)cc1. The molecule has 1 aromatic carbocycles. The normalized spacial score (nSPS) is 16.7. The van der Waals surface area contributed by atoms with Crippen LogP contribution in [0.4, 0.5) is 5.69 Å². The number of nitrogens with zero attached hydrogens (tertiary/aromatic N) is 3. The van der Waals surface area contributed by atoms with E-state index in [1.807, 2.05) is 24.3 Å². The zero-order valence-electron chi connectivity index (χ0n) is 9.64. The van der Waals surface area contributed by atoms with E-state index in [2.05, 4.69) is 20.7 Å². The third-order valence-corrected chi connectivity index (χ3v) is 2.28. The topological polar surface area (TPSA) is 84.4 Å². The third-order valence-electron chi connectivity index (χ3n) is 2.28. The summed E-state index contributed by atoms with van der Waals surface area (Å²) in [5, 5.41) is 11.7. The van der Waals surface area contributed by atoms with E-state index in [-0.39, 0.29) is 0 Å². The van der Waals surface area contributed by atoms with Gasteiger partial charge in [0, 0.05) is 0 Å². The zero-order chi connectivity index (χ0) is 12.3. The first-order valence-electron chi connectivity index (χ1n) is 5.07. The van der Waals surface area contributed by atoms with Crippen LogP contribution < -0.4 is 15.9 Å². The van der Waals surface area contributed by atoms with Crippen LogP contribution in [0.5, 0.6) is 5.75 Å². The fraction of sp³-hybridized carbons (Fsp3) is 0.182. The average molecular weight is 231 g/mol. The summed E-state index contributed by atoms with van der Waals surface area (Å²) in [4.78, 5) is 0. The molecule has 0 saturated heterocycles. The summed E-state index contributed by atoms with van der Waals surface area (Å²) in [6.07, 6.45) is 0. The van der Waals surface area contributed by atoms with Crippen LogP contribution in [0.1, 0.15) is 6.92 Å². The summed E-state index contributed by atoms with van der Waals surface area (Å²) in [5.41, 5.74) is 10.6. The number of benzene rings is 1. The van der Waals surface area contributed by atoms with Crippen molar-refractivity contribution in [1.29, 1.82) is 0 Å². The molecule has 0 aliphatic carbocycles. The van der Waals surface area contributed by atoms with Gasteiger partial charge in [-0.15, -0.1) is 5.10 Å². The lowest BCUT2D eigenvalue weighted by atomic mass is 10.2. The summed E-state index contributed by atoms with van der Waals surface area (Å²) in [5.74, 6) is 1.12. The number of rotatable bonds is 3. The van der Waals surface area contributed by atoms with Crippen molar-refractivity contribution >= 4 is 22.9 Å². The molecule has 2 rings (SSSR count). The highest BCUT2D eigenvalue weighted by molar-refractivity contribution is 6.69. The van der Waals surface area contributed by atoms with Crippen molar-refractivity contribution < 1.29 is 4.74 Å². The Morgan fingerprint density at radius 2 is 1.94 bits per heavy atom. The molecule has 0 fully saturated rings. The van der Waals surface area contributed by atoms with Crippen LogP contribution in [0, 0.1) is 0 Å². The summed E-state index contributed by atoms with van der Waals surface area (Å²) in [7, 11) is 1.62. The predicted octanol–water partition coefficient (Wildman–Crippen LogP) is 1.21. The number of hydrogen-bond acceptors (Lipinski definition) is 6.